The molecule has 0 aromatic heterocycles. The summed E-state index contributed by atoms with van der Waals surface area (Å²) >= 11 is 0. The maximum Gasteiger partial charge on any atom is -0.0295 e. The van der Waals surface area contributed by atoms with Crippen molar-refractivity contribution in [3.63, 3.8) is 0 Å². The second-order valence-electron chi connectivity index (χ2n) is 5.02. The van der Waals surface area contributed by atoms with E-state index in [1.165, 1.54) is 38.5 Å². The van der Waals surface area contributed by atoms with Gasteiger partial charge in [0.15, 0.2) is 0 Å². The molecule has 0 aliphatic heterocycles. The monoisotopic (exact) mass is 152 g/mol. The molecule has 0 heteroatoms. The molecule has 64 valence electrons. The molecule has 0 heterocycles. The van der Waals surface area contributed by atoms with Crippen molar-refractivity contribution in [1.82, 2.24) is 0 Å². The summed E-state index contributed by atoms with van der Waals surface area (Å²) in [5.41, 5.74) is 0.762. The fourth-order valence-corrected chi connectivity index (χ4v) is 3.57. The lowest BCUT2D eigenvalue weighted by Crippen LogP contribution is -2.31. The van der Waals surface area contributed by atoms with Crippen molar-refractivity contribution in [1.29, 1.82) is 0 Å². The zero-order valence-corrected chi connectivity index (χ0v) is 7.90. The second kappa shape index (κ2) is 2.50. The van der Waals surface area contributed by atoms with E-state index in [0.29, 0.717) is 0 Å². The zero-order valence-electron chi connectivity index (χ0n) is 7.90. The van der Waals surface area contributed by atoms with Crippen LogP contribution in [-0.2, 0) is 0 Å². The third kappa shape index (κ3) is 1.11. The van der Waals surface area contributed by atoms with Crippen molar-refractivity contribution in [2.24, 2.45) is 17.3 Å². The average Bonchev–Trinajstić information content (AvgIpc) is 2.31. The molecular formula is C11H20. The maximum absolute atomic E-state index is 2.53. The number of fused-ring (bicyclic) bond motifs is 1. The van der Waals surface area contributed by atoms with E-state index >= 15 is 0 Å². The molecule has 0 amide bonds. The van der Waals surface area contributed by atoms with Crippen LogP contribution in [0.4, 0.5) is 0 Å². The highest BCUT2D eigenvalue weighted by atomic mass is 14.5. The molecule has 2 aliphatic carbocycles. The van der Waals surface area contributed by atoms with Crippen LogP contribution in [-0.4, -0.2) is 0 Å². The summed E-state index contributed by atoms with van der Waals surface area (Å²) in [5.74, 6) is 2.10. The Morgan fingerprint density at radius 1 is 1.09 bits per heavy atom. The normalized spacial score (nSPS) is 50.7. The van der Waals surface area contributed by atoms with E-state index in [4.69, 9.17) is 0 Å². The Kier molecular flexibility index (Phi) is 1.74. The highest BCUT2D eigenvalue weighted by Gasteiger charge is 2.43. The molecule has 2 fully saturated rings. The van der Waals surface area contributed by atoms with Crippen molar-refractivity contribution in [3.8, 4) is 0 Å². The van der Waals surface area contributed by atoms with Gasteiger partial charge >= 0.3 is 0 Å². The molecule has 0 N–H and O–H groups in total. The second-order valence-corrected chi connectivity index (χ2v) is 5.02. The van der Waals surface area contributed by atoms with E-state index < -0.39 is 0 Å². The SMILES string of the molecule is CC1CCC[C@]2(C)CCC[C@@H]12. The molecule has 0 nitrogen and oxygen atoms in total. The minimum Gasteiger partial charge on any atom is -0.0622 e. The van der Waals surface area contributed by atoms with Crippen LogP contribution in [0.15, 0.2) is 0 Å². The van der Waals surface area contributed by atoms with Gasteiger partial charge in [0.25, 0.3) is 0 Å². The summed E-state index contributed by atoms with van der Waals surface area (Å²) in [6.45, 7) is 4.99. The van der Waals surface area contributed by atoms with E-state index in [-0.39, 0.29) is 0 Å². The molecular weight excluding hydrogens is 132 g/mol. The van der Waals surface area contributed by atoms with E-state index in [1.54, 1.807) is 0 Å². The van der Waals surface area contributed by atoms with Gasteiger partial charge in [-0.05, 0) is 36.5 Å². The molecule has 3 atom stereocenters. The predicted molar refractivity (Wildman–Crippen MR) is 48.5 cm³/mol. The summed E-state index contributed by atoms with van der Waals surface area (Å²) in [6, 6.07) is 0. The van der Waals surface area contributed by atoms with E-state index in [1.807, 2.05) is 0 Å². The van der Waals surface area contributed by atoms with Crippen molar-refractivity contribution in [3.05, 3.63) is 0 Å². The first kappa shape index (κ1) is 7.64. The van der Waals surface area contributed by atoms with Crippen LogP contribution in [0.1, 0.15) is 52.4 Å². The topological polar surface area (TPSA) is 0 Å². The third-order valence-corrected chi connectivity index (χ3v) is 4.25. The Hall–Kier alpha value is 0. The van der Waals surface area contributed by atoms with Crippen LogP contribution in [0, 0.1) is 17.3 Å². The molecule has 1 unspecified atom stereocenters. The number of hydrogen-bond donors (Lipinski definition) is 0. The smallest absolute Gasteiger partial charge is 0.0295 e. The molecule has 0 aromatic rings. The van der Waals surface area contributed by atoms with Crippen LogP contribution in [0.5, 0.6) is 0 Å². The summed E-state index contributed by atoms with van der Waals surface area (Å²) < 4.78 is 0. The van der Waals surface area contributed by atoms with Gasteiger partial charge in [-0.1, -0.05) is 33.1 Å². The van der Waals surface area contributed by atoms with Crippen LogP contribution in [0.2, 0.25) is 0 Å². The first-order chi connectivity index (χ1) is 5.22. The standard InChI is InChI=1S/C11H20/c1-9-5-3-7-11(2)8-4-6-10(9)11/h9-10H,3-8H2,1-2H3/t9?,10-,11+/m0/s1. The van der Waals surface area contributed by atoms with Gasteiger partial charge in [-0.2, -0.15) is 0 Å². The van der Waals surface area contributed by atoms with Gasteiger partial charge in [0, 0.05) is 0 Å². The van der Waals surface area contributed by atoms with Gasteiger partial charge in [-0.3, -0.25) is 0 Å². The van der Waals surface area contributed by atoms with Crippen LogP contribution >= 0.6 is 0 Å². The van der Waals surface area contributed by atoms with Crippen molar-refractivity contribution >= 4 is 0 Å². The van der Waals surface area contributed by atoms with Gasteiger partial charge in [0.1, 0.15) is 0 Å². The molecule has 2 rings (SSSR count). The van der Waals surface area contributed by atoms with Crippen LogP contribution < -0.4 is 0 Å². The fraction of sp³-hybridized carbons (Fsp3) is 1.00. The van der Waals surface area contributed by atoms with Gasteiger partial charge in [0.2, 0.25) is 0 Å². The lowest BCUT2D eigenvalue weighted by Gasteiger charge is -2.40. The van der Waals surface area contributed by atoms with Crippen molar-refractivity contribution < 1.29 is 0 Å². The predicted octanol–water partition coefficient (Wildman–Crippen LogP) is 3.61. The number of hydrogen-bond acceptors (Lipinski definition) is 0. The zero-order chi connectivity index (χ0) is 7.90. The highest BCUT2D eigenvalue weighted by Crippen LogP contribution is 2.53. The van der Waals surface area contributed by atoms with Crippen LogP contribution in [0.25, 0.3) is 0 Å². The molecule has 0 saturated heterocycles. The minimum absolute atomic E-state index is 0.762. The Morgan fingerprint density at radius 2 is 1.73 bits per heavy atom. The Labute approximate surface area is 70.4 Å². The molecule has 0 bridgehead atoms. The first-order valence-corrected chi connectivity index (χ1v) is 5.22. The van der Waals surface area contributed by atoms with E-state index in [0.717, 1.165) is 17.3 Å². The molecule has 2 aliphatic rings. The van der Waals surface area contributed by atoms with Gasteiger partial charge in [0.05, 0.1) is 0 Å². The van der Waals surface area contributed by atoms with Gasteiger partial charge in [-0.15, -0.1) is 0 Å². The van der Waals surface area contributed by atoms with Crippen LogP contribution in [0.3, 0.4) is 0 Å². The quantitative estimate of drug-likeness (QED) is 0.497. The molecule has 2 saturated carbocycles. The van der Waals surface area contributed by atoms with E-state index in [2.05, 4.69) is 13.8 Å². The molecule has 0 aromatic carbocycles. The highest BCUT2D eigenvalue weighted by molar-refractivity contribution is 4.93. The average molecular weight is 152 g/mol. The van der Waals surface area contributed by atoms with Crippen molar-refractivity contribution in [2.45, 2.75) is 52.4 Å². The summed E-state index contributed by atoms with van der Waals surface area (Å²) in [5, 5.41) is 0. The summed E-state index contributed by atoms with van der Waals surface area (Å²) in [4.78, 5) is 0. The lowest BCUT2D eigenvalue weighted by atomic mass is 9.65. The fourth-order valence-electron chi connectivity index (χ4n) is 3.57. The lowest BCUT2D eigenvalue weighted by molar-refractivity contribution is 0.0992. The van der Waals surface area contributed by atoms with Crippen molar-refractivity contribution in [2.75, 3.05) is 0 Å². The summed E-state index contributed by atoms with van der Waals surface area (Å²) in [7, 11) is 0. The van der Waals surface area contributed by atoms with Gasteiger partial charge < -0.3 is 0 Å². The Balaban J connectivity index is 2.15. The Bertz CT molecular complexity index is 150. The number of rotatable bonds is 0. The van der Waals surface area contributed by atoms with Gasteiger partial charge in [-0.25, -0.2) is 0 Å². The summed E-state index contributed by atoms with van der Waals surface area (Å²) in [6.07, 6.45) is 9.06. The first-order valence-electron chi connectivity index (χ1n) is 5.22. The largest absolute Gasteiger partial charge is 0.0622 e. The maximum atomic E-state index is 2.53. The molecule has 0 spiro atoms. The molecule has 0 radical (unpaired) electrons. The minimum atomic E-state index is 0.762. The third-order valence-electron chi connectivity index (χ3n) is 4.25. The Morgan fingerprint density at radius 3 is 2.36 bits per heavy atom. The van der Waals surface area contributed by atoms with E-state index in [9.17, 15) is 0 Å². The molecule has 11 heavy (non-hydrogen) atoms.